The second-order valence-corrected chi connectivity index (χ2v) is 5.42. The second-order valence-electron chi connectivity index (χ2n) is 3.98. The molecule has 0 saturated carbocycles. The molecule has 0 aromatic heterocycles. The molecular formula is C8H20N4O2S. The maximum absolute atomic E-state index is 11.5. The summed E-state index contributed by atoms with van der Waals surface area (Å²) in [6, 6.07) is -0.199. The molecule has 0 spiro atoms. The van der Waals surface area contributed by atoms with E-state index in [1.807, 2.05) is 0 Å². The highest BCUT2D eigenvalue weighted by molar-refractivity contribution is 7.87. The molecule has 0 saturated heterocycles. The van der Waals surface area contributed by atoms with Crippen LogP contribution in [0, 0.1) is 5.41 Å². The number of nitrogens with two attached hydrogens (primary N) is 1. The monoisotopic (exact) mass is 236 g/mol. The molecule has 0 heterocycles. The van der Waals surface area contributed by atoms with Gasteiger partial charge in [-0.1, -0.05) is 6.92 Å². The Hall–Kier alpha value is -0.660. The minimum atomic E-state index is -3.62. The average molecular weight is 236 g/mol. The zero-order valence-corrected chi connectivity index (χ0v) is 10.4. The third-order valence-corrected chi connectivity index (χ3v) is 3.55. The summed E-state index contributed by atoms with van der Waals surface area (Å²) in [5.41, 5.74) is 4.32. The molecule has 0 bridgehead atoms. The van der Waals surface area contributed by atoms with Crippen LogP contribution >= 0.6 is 0 Å². The van der Waals surface area contributed by atoms with Crippen molar-refractivity contribution in [3.05, 3.63) is 0 Å². The number of rotatable bonds is 6. The Bertz CT molecular complexity index is 326. The van der Waals surface area contributed by atoms with E-state index in [1.54, 1.807) is 27.7 Å². The molecule has 0 radical (unpaired) electrons. The Morgan fingerprint density at radius 1 is 1.53 bits per heavy atom. The fourth-order valence-corrected chi connectivity index (χ4v) is 2.48. The van der Waals surface area contributed by atoms with E-state index in [2.05, 4.69) is 9.44 Å². The van der Waals surface area contributed by atoms with Crippen LogP contribution in [-0.4, -0.2) is 25.8 Å². The van der Waals surface area contributed by atoms with Gasteiger partial charge in [0.1, 0.15) is 5.84 Å². The minimum absolute atomic E-state index is 0.195. The van der Waals surface area contributed by atoms with Gasteiger partial charge in [0, 0.05) is 6.04 Å². The highest BCUT2D eigenvalue weighted by Crippen LogP contribution is 2.09. The highest BCUT2D eigenvalue weighted by atomic mass is 32.2. The quantitative estimate of drug-likeness (QED) is 0.382. The van der Waals surface area contributed by atoms with Crippen LogP contribution in [0.4, 0.5) is 0 Å². The van der Waals surface area contributed by atoms with Crippen molar-refractivity contribution in [1.29, 1.82) is 5.41 Å². The van der Waals surface area contributed by atoms with Gasteiger partial charge in [-0.2, -0.15) is 17.9 Å². The van der Waals surface area contributed by atoms with Gasteiger partial charge in [0.2, 0.25) is 0 Å². The molecule has 0 fully saturated rings. The SMILES string of the molecule is CCC(C)(NS(=O)(=O)NC(C)C)C(=N)N. The van der Waals surface area contributed by atoms with Crippen molar-refractivity contribution in [3.8, 4) is 0 Å². The van der Waals surface area contributed by atoms with E-state index in [0.717, 1.165) is 0 Å². The van der Waals surface area contributed by atoms with E-state index < -0.39 is 15.7 Å². The van der Waals surface area contributed by atoms with Gasteiger partial charge < -0.3 is 5.73 Å². The Morgan fingerprint density at radius 3 is 2.27 bits per heavy atom. The van der Waals surface area contributed by atoms with Crippen LogP contribution in [0.15, 0.2) is 0 Å². The summed E-state index contributed by atoms with van der Waals surface area (Å²) < 4.78 is 27.8. The third kappa shape index (κ3) is 4.59. The molecule has 0 amide bonds. The lowest BCUT2D eigenvalue weighted by atomic mass is 10.00. The summed E-state index contributed by atoms with van der Waals surface area (Å²) in [6.07, 6.45) is 0.418. The first-order valence-corrected chi connectivity index (χ1v) is 6.27. The van der Waals surface area contributed by atoms with Crippen molar-refractivity contribution >= 4 is 16.0 Å². The number of hydrogen-bond acceptors (Lipinski definition) is 3. The molecule has 1 unspecified atom stereocenters. The molecule has 0 aromatic carbocycles. The van der Waals surface area contributed by atoms with Crippen LogP contribution in [0.3, 0.4) is 0 Å². The minimum Gasteiger partial charge on any atom is -0.386 e. The summed E-state index contributed by atoms with van der Waals surface area (Å²) in [4.78, 5) is 0. The predicted molar refractivity (Wildman–Crippen MR) is 60.9 cm³/mol. The van der Waals surface area contributed by atoms with E-state index in [9.17, 15) is 8.42 Å². The highest BCUT2D eigenvalue weighted by Gasteiger charge is 2.31. The molecule has 15 heavy (non-hydrogen) atoms. The van der Waals surface area contributed by atoms with Crippen LogP contribution in [0.2, 0.25) is 0 Å². The summed E-state index contributed by atoms with van der Waals surface area (Å²) in [6.45, 7) is 6.78. The standard InChI is InChI=1S/C8H20N4O2S/c1-5-8(4,7(9)10)12-15(13,14)11-6(2)3/h6,11-12H,5H2,1-4H3,(H3,9,10). The molecular weight excluding hydrogens is 216 g/mol. The van der Waals surface area contributed by atoms with Gasteiger partial charge in [0.15, 0.2) is 0 Å². The van der Waals surface area contributed by atoms with Crippen LogP contribution in [-0.2, 0) is 10.2 Å². The molecule has 0 aliphatic rings. The van der Waals surface area contributed by atoms with Crippen LogP contribution in [0.1, 0.15) is 34.1 Å². The zero-order chi connectivity index (χ0) is 12.3. The van der Waals surface area contributed by atoms with Crippen molar-refractivity contribution in [2.45, 2.75) is 45.7 Å². The lowest BCUT2D eigenvalue weighted by Crippen LogP contribution is -2.57. The van der Waals surface area contributed by atoms with Gasteiger partial charge in [0.05, 0.1) is 5.54 Å². The summed E-state index contributed by atoms with van der Waals surface area (Å²) in [7, 11) is -3.62. The molecule has 6 nitrogen and oxygen atoms in total. The first-order valence-electron chi connectivity index (χ1n) is 4.78. The first kappa shape index (κ1) is 14.3. The van der Waals surface area contributed by atoms with Crippen LogP contribution in [0.25, 0.3) is 0 Å². The van der Waals surface area contributed by atoms with Crippen molar-refractivity contribution in [2.24, 2.45) is 5.73 Å². The van der Waals surface area contributed by atoms with Crippen LogP contribution < -0.4 is 15.2 Å². The largest absolute Gasteiger partial charge is 0.386 e. The lowest BCUT2D eigenvalue weighted by molar-refractivity contribution is 0.491. The Balaban J connectivity index is 4.77. The Morgan fingerprint density at radius 2 is 2.00 bits per heavy atom. The van der Waals surface area contributed by atoms with E-state index >= 15 is 0 Å². The summed E-state index contributed by atoms with van der Waals surface area (Å²) in [5, 5.41) is 7.33. The topological polar surface area (TPSA) is 108 Å². The van der Waals surface area contributed by atoms with E-state index in [-0.39, 0.29) is 11.9 Å². The van der Waals surface area contributed by atoms with Gasteiger partial charge in [-0.15, -0.1) is 0 Å². The van der Waals surface area contributed by atoms with Gasteiger partial charge in [-0.05, 0) is 27.2 Å². The Kier molecular flexibility index (Phi) is 4.69. The van der Waals surface area contributed by atoms with Gasteiger partial charge in [0.25, 0.3) is 10.2 Å². The normalized spacial score (nSPS) is 16.3. The molecule has 1 atom stereocenters. The van der Waals surface area contributed by atoms with Gasteiger partial charge >= 0.3 is 0 Å². The van der Waals surface area contributed by atoms with E-state index in [4.69, 9.17) is 11.1 Å². The van der Waals surface area contributed by atoms with E-state index in [0.29, 0.717) is 6.42 Å². The van der Waals surface area contributed by atoms with Gasteiger partial charge in [-0.25, -0.2) is 0 Å². The smallest absolute Gasteiger partial charge is 0.278 e. The molecule has 0 aliphatic carbocycles. The van der Waals surface area contributed by atoms with Gasteiger partial charge in [-0.3, -0.25) is 5.41 Å². The first-order chi connectivity index (χ1) is 6.63. The maximum atomic E-state index is 11.5. The number of amidine groups is 1. The summed E-state index contributed by atoms with van der Waals surface area (Å²) >= 11 is 0. The number of hydrogen-bond donors (Lipinski definition) is 4. The maximum Gasteiger partial charge on any atom is 0.278 e. The average Bonchev–Trinajstić information content (AvgIpc) is 2.00. The fraction of sp³-hybridized carbons (Fsp3) is 0.875. The molecule has 7 heteroatoms. The second kappa shape index (κ2) is 4.91. The van der Waals surface area contributed by atoms with Crippen molar-refractivity contribution in [3.63, 3.8) is 0 Å². The lowest BCUT2D eigenvalue weighted by Gasteiger charge is -2.28. The molecule has 0 aromatic rings. The van der Waals surface area contributed by atoms with Crippen molar-refractivity contribution in [1.82, 2.24) is 9.44 Å². The Labute approximate surface area is 91.3 Å². The van der Waals surface area contributed by atoms with Crippen LogP contribution in [0.5, 0.6) is 0 Å². The zero-order valence-electron chi connectivity index (χ0n) is 9.59. The van der Waals surface area contributed by atoms with Crippen molar-refractivity contribution < 1.29 is 8.42 Å². The van der Waals surface area contributed by atoms with E-state index in [1.165, 1.54) is 0 Å². The summed E-state index contributed by atoms with van der Waals surface area (Å²) in [5.74, 6) is -0.195. The molecule has 0 rings (SSSR count). The van der Waals surface area contributed by atoms with Crippen molar-refractivity contribution in [2.75, 3.05) is 0 Å². The molecule has 90 valence electrons. The molecule has 0 aliphatic heterocycles. The third-order valence-electron chi connectivity index (χ3n) is 2.05. The fourth-order valence-electron chi connectivity index (χ4n) is 0.954. The molecule has 5 N–H and O–H groups in total. The predicted octanol–water partition coefficient (Wildman–Crippen LogP) is -0.0765. The number of nitrogens with one attached hydrogen (secondary N) is 3.